The average molecular weight is 377 g/mol. The Morgan fingerprint density at radius 1 is 1.42 bits per heavy atom. The third-order valence-corrected chi connectivity index (χ3v) is 5.41. The van der Waals surface area contributed by atoms with Crippen molar-refractivity contribution in [3.63, 3.8) is 0 Å². The fraction of sp³-hybridized carbons (Fsp3) is 0.444. The first kappa shape index (κ1) is 17.3. The number of H-pyrrole nitrogens is 1. The minimum absolute atomic E-state index is 0.0997. The van der Waals surface area contributed by atoms with Gasteiger partial charge in [0.25, 0.3) is 0 Å². The largest absolute Gasteiger partial charge is 0.495 e. The maximum Gasteiger partial charge on any atom is 0.241 e. The molecule has 2 aliphatic rings. The molecule has 0 bridgehead atoms. The predicted molar refractivity (Wildman–Crippen MR) is 97.6 cm³/mol. The van der Waals surface area contributed by atoms with Gasteiger partial charge in [0.2, 0.25) is 5.91 Å². The molecule has 1 atom stereocenters. The van der Waals surface area contributed by atoms with Crippen molar-refractivity contribution in [3.8, 4) is 5.75 Å². The SMILES string of the molecule is COc1ccc(NC(=O)[C@@H]2Cc3[nH]cnc3C3(CCOCC3)N2)cc1Cl. The fourth-order valence-electron chi connectivity index (χ4n) is 3.78. The fourth-order valence-corrected chi connectivity index (χ4v) is 4.04. The molecule has 4 rings (SSSR count). The standard InChI is InChI=1S/C18H21ClN4O3/c1-25-15-3-2-11(8-12(15)19)22-17(24)14-9-13-16(21-10-20-13)18(23-14)4-6-26-7-5-18/h2-3,8,10,14,23H,4-7,9H2,1H3,(H,20,21)(H,22,24)/t14-/m0/s1. The number of aromatic amines is 1. The number of nitrogens with one attached hydrogen (secondary N) is 3. The van der Waals surface area contributed by atoms with E-state index in [0.717, 1.165) is 24.2 Å². The first-order valence-electron chi connectivity index (χ1n) is 8.64. The van der Waals surface area contributed by atoms with E-state index in [1.165, 1.54) is 0 Å². The quantitative estimate of drug-likeness (QED) is 0.764. The summed E-state index contributed by atoms with van der Waals surface area (Å²) in [7, 11) is 1.56. The van der Waals surface area contributed by atoms with Crippen LogP contribution in [0.25, 0.3) is 0 Å². The summed E-state index contributed by atoms with van der Waals surface area (Å²) in [5.41, 5.74) is 2.35. The molecule has 0 saturated carbocycles. The van der Waals surface area contributed by atoms with Crippen LogP contribution in [0.15, 0.2) is 24.5 Å². The zero-order valence-electron chi connectivity index (χ0n) is 14.5. The van der Waals surface area contributed by atoms with Gasteiger partial charge in [0.15, 0.2) is 0 Å². The van der Waals surface area contributed by atoms with E-state index in [9.17, 15) is 4.79 Å². The second kappa shape index (κ2) is 6.90. The van der Waals surface area contributed by atoms with Gasteiger partial charge < -0.3 is 19.8 Å². The lowest BCUT2D eigenvalue weighted by Gasteiger charge is -2.43. The van der Waals surface area contributed by atoms with Crippen LogP contribution in [0, 0.1) is 0 Å². The Morgan fingerprint density at radius 2 is 2.23 bits per heavy atom. The average Bonchev–Trinajstić information content (AvgIpc) is 3.12. The smallest absolute Gasteiger partial charge is 0.241 e. The first-order chi connectivity index (χ1) is 12.6. The van der Waals surface area contributed by atoms with Crippen LogP contribution in [0.2, 0.25) is 5.02 Å². The number of benzene rings is 1. The van der Waals surface area contributed by atoms with E-state index < -0.39 is 0 Å². The summed E-state index contributed by atoms with van der Waals surface area (Å²) in [5.74, 6) is 0.473. The third kappa shape index (κ3) is 3.06. The molecule has 26 heavy (non-hydrogen) atoms. The van der Waals surface area contributed by atoms with Gasteiger partial charge in [-0.1, -0.05) is 11.6 Å². The van der Waals surface area contributed by atoms with Crippen LogP contribution in [0.3, 0.4) is 0 Å². The van der Waals surface area contributed by atoms with Crippen LogP contribution in [0.4, 0.5) is 5.69 Å². The minimum Gasteiger partial charge on any atom is -0.495 e. The van der Waals surface area contributed by atoms with Crippen LogP contribution in [0.1, 0.15) is 24.2 Å². The number of anilines is 1. The molecule has 1 amide bonds. The van der Waals surface area contributed by atoms with Crippen LogP contribution < -0.4 is 15.4 Å². The normalized spacial score (nSPS) is 21.2. The van der Waals surface area contributed by atoms with E-state index in [2.05, 4.69) is 20.6 Å². The van der Waals surface area contributed by atoms with Crippen molar-refractivity contribution in [3.05, 3.63) is 40.9 Å². The molecule has 7 nitrogen and oxygen atoms in total. The van der Waals surface area contributed by atoms with Crippen LogP contribution in [-0.4, -0.2) is 42.2 Å². The topological polar surface area (TPSA) is 88.3 Å². The number of fused-ring (bicyclic) bond motifs is 2. The molecule has 8 heteroatoms. The lowest BCUT2D eigenvalue weighted by Crippen LogP contribution is -2.59. The lowest BCUT2D eigenvalue weighted by molar-refractivity contribution is -0.119. The molecular formula is C18H21ClN4O3. The van der Waals surface area contributed by atoms with Crippen molar-refractivity contribution in [1.82, 2.24) is 15.3 Å². The Balaban J connectivity index is 1.54. The zero-order valence-corrected chi connectivity index (χ0v) is 15.2. The Bertz CT molecular complexity index is 817. The molecule has 2 aromatic rings. The van der Waals surface area contributed by atoms with Crippen molar-refractivity contribution >= 4 is 23.2 Å². The summed E-state index contributed by atoms with van der Waals surface area (Å²) in [4.78, 5) is 20.6. The van der Waals surface area contributed by atoms with Crippen LogP contribution in [-0.2, 0) is 21.5 Å². The molecule has 2 aliphatic heterocycles. The molecule has 1 aromatic heterocycles. The number of halogens is 1. The number of nitrogens with zero attached hydrogens (tertiary/aromatic N) is 1. The van der Waals surface area contributed by atoms with Gasteiger partial charge in [0, 0.05) is 31.0 Å². The zero-order chi connectivity index (χ0) is 18.1. The van der Waals surface area contributed by atoms with E-state index in [1.807, 2.05) is 0 Å². The molecular weight excluding hydrogens is 356 g/mol. The monoisotopic (exact) mass is 376 g/mol. The van der Waals surface area contributed by atoms with Crippen molar-refractivity contribution in [2.75, 3.05) is 25.6 Å². The highest BCUT2D eigenvalue weighted by atomic mass is 35.5. The summed E-state index contributed by atoms with van der Waals surface area (Å²) < 4.78 is 10.7. The Kier molecular flexibility index (Phi) is 4.60. The summed E-state index contributed by atoms with van der Waals surface area (Å²) >= 11 is 6.15. The molecule has 3 heterocycles. The second-order valence-electron chi connectivity index (χ2n) is 6.66. The highest BCUT2D eigenvalue weighted by Gasteiger charge is 2.44. The summed E-state index contributed by atoms with van der Waals surface area (Å²) in [6.07, 6.45) is 3.85. The van der Waals surface area contributed by atoms with Crippen molar-refractivity contribution in [1.29, 1.82) is 0 Å². The van der Waals surface area contributed by atoms with Crippen molar-refractivity contribution in [2.45, 2.75) is 30.8 Å². The molecule has 1 fully saturated rings. The van der Waals surface area contributed by atoms with Crippen molar-refractivity contribution < 1.29 is 14.3 Å². The number of ether oxygens (including phenoxy) is 2. The van der Waals surface area contributed by atoms with Gasteiger partial charge in [0.1, 0.15) is 5.75 Å². The summed E-state index contributed by atoms with van der Waals surface area (Å²) in [6, 6.07) is 4.84. The Labute approximate surface area is 156 Å². The lowest BCUT2D eigenvalue weighted by atomic mass is 9.80. The number of hydrogen-bond donors (Lipinski definition) is 3. The van der Waals surface area contributed by atoms with Gasteiger partial charge in [0.05, 0.1) is 35.7 Å². The van der Waals surface area contributed by atoms with Crippen LogP contribution >= 0.6 is 11.6 Å². The molecule has 0 radical (unpaired) electrons. The Morgan fingerprint density at radius 3 is 2.96 bits per heavy atom. The molecule has 1 saturated heterocycles. The number of methoxy groups -OCH3 is 1. The molecule has 1 aromatic carbocycles. The van der Waals surface area contributed by atoms with Gasteiger partial charge in [-0.25, -0.2) is 4.98 Å². The maximum atomic E-state index is 12.9. The molecule has 138 valence electrons. The van der Waals surface area contributed by atoms with E-state index in [0.29, 0.717) is 36.1 Å². The molecule has 0 unspecified atom stereocenters. The second-order valence-corrected chi connectivity index (χ2v) is 7.07. The minimum atomic E-state index is -0.359. The van der Waals surface area contributed by atoms with E-state index in [1.54, 1.807) is 31.6 Å². The van der Waals surface area contributed by atoms with E-state index in [4.69, 9.17) is 21.1 Å². The number of aromatic nitrogens is 2. The number of carbonyl (C=O) groups is 1. The highest BCUT2D eigenvalue weighted by Crippen LogP contribution is 2.37. The van der Waals surface area contributed by atoms with Crippen molar-refractivity contribution in [2.24, 2.45) is 0 Å². The summed E-state index contributed by atoms with van der Waals surface area (Å²) in [5, 5.41) is 6.93. The van der Waals surface area contributed by atoms with Gasteiger partial charge in [-0.15, -0.1) is 0 Å². The maximum absolute atomic E-state index is 12.9. The third-order valence-electron chi connectivity index (χ3n) is 5.11. The number of hydrogen-bond acceptors (Lipinski definition) is 5. The van der Waals surface area contributed by atoms with Gasteiger partial charge in [-0.05, 0) is 31.0 Å². The number of amides is 1. The number of rotatable bonds is 3. The molecule has 3 N–H and O–H groups in total. The first-order valence-corrected chi connectivity index (χ1v) is 9.02. The number of imidazole rings is 1. The van der Waals surface area contributed by atoms with Gasteiger partial charge in [-0.3, -0.25) is 10.1 Å². The molecule has 1 spiro atoms. The van der Waals surface area contributed by atoms with Crippen LogP contribution in [0.5, 0.6) is 5.75 Å². The molecule has 0 aliphatic carbocycles. The van der Waals surface area contributed by atoms with Gasteiger partial charge in [-0.2, -0.15) is 0 Å². The Hall–Kier alpha value is -2.09. The summed E-state index contributed by atoms with van der Waals surface area (Å²) in [6.45, 7) is 1.31. The van der Waals surface area contributed by atoms with E-state index >= 15 is 0 Å². The van der Waals surface area contributed by atoms with E-state index in [-0.39, 0.29) is 17.5 Å². The number of carbonyl (C=O) groups excluding carboxylic acids is 1. The predicted octanol–water partition coefficient (Wildman–Crippen LogP) is 2.23. The highest BCUT2D eigenvalue weighted by molar-refractivity contribution is 6.32. The van der Waals surface area contributed by atoms with Gasteiger partial charge >= 0.3 is 0 Å².